The molecule has 0 aliphatic carbocycles. The third kappa shape index (κ3) is 12.3. The summed E-state index contributed by atoms with van der Waals surface area (Å²) < 4.78 is 16.8. The van der Waals surface area contributed by atoms with Gasteiger partial charge >= 0.3 is 5.97 Å². The van der Waals surface area contributed by atoms with Crippen molar-refractivity contribution in [2.45, 2.75) is 92.0 Å². The number of rotatable bonds is 20. The number of ketones is 1. The molecule has 0 aromatic heterocycles. The van der Waals surface area contributed by atoms with Crippen LogP contribution >= 0.6 is 0 Å². The van der Waals surface area contributed by atoms with Crippen molar-refractivity contribution in [2.24, 2.45) is 23.2 Å². The average molecular weight is 699 g/mol. The van der Waals surface area contributed by atoms with Gasteiger partial charge in [-0.25, -0.2) is 4.79 Å². The maximum absolute atomic E-state index is 14.1. The Morgan fingerprint density at radius 1 is 0.765 bits per heavy atom. The average Bonchev–Trinajstić information content (AvgIpc) is 3.11. The fourth-order valence-electron chi connectivity index (χ4n) is 6.34. The number of Topliss-reactive ketones (excluding diaryl/α,β-unsaturated/α-hetero) is 1. The highest BCUT2D eigenvalue weighted by Crippen LogP contribution is 2.37. The maximum Gasteiger partial charge on any atom is 0.328 e. The first-order valence-electron chi connectivity index (χ1n) is 18.1. The molecule has 9 nitrogen and oxygen atoms in total. The van der Waals surface area contributed by atoms with Gasteiger partial charge in [0.2, 0.25) is 11.8 Å². The van der Waals surface area contributed by atoms with Crippen LogP contribution in [0, 0.1) is 23.2 Å². The third-order valence-electron chi connectivity index (χ3n) is 9.58. The summed E-state index contributed by atoms with van der Waals surface area (Å²) in [7, 11) is 0. The van der Waals surface area contributed by atoms with Gasteiger partial charge < -0.3 is 24.8 Å². The summed E-state index contributed by atoms with van der Waals surface area (Å²) in [6.45, 7) is 11.3. The Bertz CT molecular complexity index is 1550. The van der Waals surface area contributed by atoms with Gasteiger partial charge in [-0.1, -0.05) is 100 Å². The van der Waals surface area contributed by atoms with Gasteiger partial charge in [-0.3, -0.25) is 14.4 Å². The van der Waals surface area contributed by atoms with Crippen molar-refractivity contribution < 1.29 is 33.4 Å². The molecule has 51 heavy (non-hydrogen) atoms. The minimum atomic E-state index is -0.897. The number of benzene rings is 3. The van der Waals surface area contributed by atoms with Crippen LogP contribution in [0.5, 0.6) is 5.75 Å². The Hall–Kier alpha value is -4.50. The molecule has 2 amide bonds. The van der Waals surface area contributed by atoms with E-state index in [1.807, 2.05) is 106 Å². The molecule has 1 fully saturated rings. The highest BCUT2D eigenvalue weighted by Gasteiger charge is 2.40. The van der Waals surface area contributed by atoms with Gasteiger partial charge in [0.05, 0.1) is 19.3 Å². The van der Waals surface area contributed by atoms with E-state index in [1.54, 1.807) is 6.92 Å². The largest absolute Gasteiger partial charge is 0.489 e. The second kappa shape index (κ2) is 19.2. The van der Waals surface area contributed by atoms with Crippen molar-refractivity contribution in [3.8, 4) is 5.75 Å². The lowest BCUT2D eigenvalue weighted by Gasteiger charge is -2.42. The Morgan fingerprint density at radius 2 is 1.37 bits per heavy atom. The zero-order valence-corrected chi connectivity index (χ0v) is 30.7. The molecule has 0 radical (unpaired) electrons. The van der Waals surface area contributed by atoms with Crippen molar-refractivity contribution in [1.82, 2.24) is 10.6 Å². The lowest BCUT2D eigenvalue weighted by Crippen LogP contribution is -2.49. The van der Waals surface area contributed by atoms with E-state index in [0.29, 0.717) is 38.4 Å². The standard InChI is InChI=1S/C42H54N2O7/c1-6-42(27-49-28-42)24-30(4)39(46)44-37(22-32-17-19-36(20-18-32)50-25-33-13-9-7-10-14-33)38(45)23-35(21-29(2)3)40(47)43-31(5)41(48)51-26-34-15-11-8-12-16-34/h7-20,29-31,35,37H,6,21-28H2,1-5H3,(H,43,47)(H,44,46)/t30-,31+,35-,37+/m1/s1. The molecule has 3 aromatic carbocycles. The number of ether oxygens (including phenoxy) is 3. The lowest BCUT2D eigenvalue weighted by atomic mass is 9.75. The van der Waals surface area contributed by atoms with Crippen LogP contribution in [0.3, 0.4) is 0 Å². The zero-order valence-electron chi connectivity index (χ0n) is 30.7. The highest BCUT2D eigenvalue weighted by atomic mass is 16.5. The molecule has 2 N–H and O–H groups in total. The number of carbonyl (C=O) groups excluding carboxylic acids is 4. The van der Waals surface area contributed by atoms with E-state index in [-0.39, 0.29) is 48.4 Å². The summed E-state index contributed by atoms with van der Waals surface area (Å²) in [5, 5.41) is 5.81. The molecular formula is C42H54N2O7. The summed E-state index contributed by atoms with van der Waals surface area (Å²) in [6, 6.07) is 25.0. The van der Waals surface area contributed by atoms with E-state index in [1.165, 1.54) is 0 Å². The topological polar surface area (TPSA) is 120 Å². The molecule has 0 saturated carbocycles. The summed E-state index contributed by atoms with van der Waals surface area (Å²) in [4.78, 5) is 54.0. The molecule has 1 aliphatic rings. The first kappa shape index (κ1) is 39.3. The number of amides is 2. The number of nitrogens with one attached hydrogen (secondary N) is 2. The van der Waals surface area contributed by atoms with E-state index in [9.17, 15) is 19.2 Å². The number of hydrogen-bond donors (Lipinski definition) is 2. The predicted octanol–water partition coefficient (Wildman–Crippen LogP) is 6.62. The van der Waals surface area contributed by atoms with E-state index >= 15 is 0 Å². The highest BCUT2D eigenvalue weighted by molar-refractivity contribution is 5.94. The molecular weight excluding hydrogens is 644 g/mol. The van der Waals surface area contributed by atoms with Crippen LogP contribution in [0.2, 0.25) is 0 Å². The molecule has 4 rings (SSSR count). The molecule has 0 unspecified atom stereocenters. The van der Waals surface area contributed by atoms with Gasteiger partial charge in [-0.15, -0.1) is 0 Å². The van der Waals surface area contributed by atoms with Crippen molar-refractivity contribution in [3.05, 3.63) is 102 Å². The molecule has 1 heterocycles. The van der Waals surface area contributed by atoms with E-state index in [0.717, 1.165) is 23.1 Å². The van der Waals surface area contributed by atoms with Crippen LogP contribution in [-0.2, 0) is 48.3 Å². The molecule has 0 bridgehead atoms. The first-order valence-corrected chi connectivity index (χ1v) is 18.1. The molecule has 0 spiro atoms. The summed E-state index contributed by atoms with van der Waals surface area (Å²) in [5.74, 6) is -1.60. The lowest BCUT2D eigenvalue weighted by molar-refractivity contribution is -0.149. The molecule has 9 heteroatoms. The zero-order chi connectivity index (χ0) is 36.8. The van der Waals surface area contributed by atoms with Gasteiger partial charge in [-0.2, -0.15) is 0 Å². The van der Waals surface area contributed by atoms with Crippen molar-refractivity contribution in [3.63, 3.8) is 0 Å². The van der Waals surface area contributed by atoms with Crippen LogP contribution < -0.4 is 15.4 Å². The number of esters is 1. The molecule has 1 aliphatic heterocycles. The smallest absolute Gasteiger partial charge is 0.328 e. The van der Waals surface area contributed by atoms with Gasteiger partial charge in [0, 0.05) is 23.7 Å². The van der Waals surface area contributed by atoms with E-state index < -0.39 is 29.9 Å². The maximum atomic E-state index is 14.1. The van der Waals surface area contributed by atoms with Crippen molar-refractivity contribution in [2.75, 3.05) is 13.2 Å². The van der Waals surface area contributed by atoms with Gasteiger partial charge in [0.1, 0.15) is 25.0 Å². The fourth-order valence-corrected chi connectivity index (χ4v) is 6.34. The number of hydrogen-bond acceptors (Lipinski definition) is 7. The predicted molar refractivity (Wildman–Crippen MR) is 197 cm³/mol. The SMILES string of the molecule is CCC1(C[C@@H](C)C(=O)N[C@@H](Cc2ccc(OCc3ccccc3)cc2)C(=O)C[C@@H](CC(C)C)C(=O)N[C@@H](C)C(=O)OCc2ccccc2)COC1. The molecule has 4 atom stereocenters. The summed E-state index contributed by atoms with van der Waals surface area (Å²) in [6.07, 6.45) is 2.19. The Morgan fingerprint density at radius 3 is 1.92 bits per heavy atom. The van der Waals surface area contributed by atoms with Crippen molar-refractivity contribution in [1.29, 1.82) is 0 Å². The number of carbonyl (C=O) groups is 4. The minimum Gasteiger partial charge on any atom is -0.489 e. The van der Waals surface area contributed by atoms with E-state index in [2.05, 4.69) is 17.6 Å². The van der Waals surface area contributed by atoms with Gasteiger partial charge in [0.25, 0.3) is 0 Å². The minimum absolute atomic E-state index is 0.0226. The second-order valence-electron chi connectivity index (χ2n) is 14.5. The Kier molecular flexibility index (Phi) is 14.8. The van der Waals surface area contributed by atoms with Gasteiger partial charge in [-0.05, 0) is 67.3 Å². The van der Waals surface area contributed by atoms with Crippen LogP contribution in [0.1, 0.15) is 77.0 Å². The van der Waals surface area contributed by atoms with E-state index in [4.69, 9.17) is 14.2 Å². The fraction of sp³-hybridized carbons (Fsp3) is 0.476. The summed E-state index contributed by atoms with van der Waals surface area (Å²) in [5.41, 5.74) is 2.73. The second-order valence-corrected chi connectivity index (χ2v) is 14.5. The Balaban J connectivity index is 1.44. The van der Waals surface area contributed by atoms with Crippen LogP contribution in [0.15, 0.2) is 84.9 Å². The van der Waals surface area contributed by atoms with Gasteiger partial charge in [0.15, 0.2) is 5.78 Å². The third-order valence-corrected chi connectivity index (χ3v) is 9.58. The first-order chi connectivity index (χ1) is 24.5. The normalized spacial score (nSPS) is 15.8. The van der Waals surface area contributed by atoms with Crippen LogP contribution in [0.4, 0.5) is 0 Å². The van der Waals surface area contributed by atoms with Crippen LogP contribution in [-0.4, -0.2) is 48.9 Å². The molecule has 274 valence electrons. The van der Waals surface area contributed by atoms with Crippen LogP contribution in [0.25, 0.3) is 0 Å². The molecule has 1 saturated heterocycles. The summed E-state index contributed by atoms with van der Waals surface area (Å²) >= 11 is 0. The Labute approximate surface area is 302 Å². The molecule has 3 aromatic rings. The quantitative estimate of drug-likeness (QED) is 0.127. The van der Waals surface area contributed by atoms with Crippen molar-refractivity contribution >= 4 is 23.6 Å². The monoisotopic (exact) mass is 698 g/mol.